The number of halogens is 4. The number of methoxy groups -OCH3 is 1. The van der Waals surface area contributed by atoms with Crippen molar-refractivity contribution in [3.63, 3.8) is 0 Å². The molecule has 0 saturated heterocycles. The van der Waals surface area contributed by atoms with E-state index in [0.717, 1.165) is 6.07 Å². The molecule has 1 aromatic rings. The van der Waals surface area contributed by atoms with Gasteiger partial charge in [-0.25, -0.2) is 13.8 Å². The second-order valence-electron chi connectivity index (χ2n) is 2.49. The fraction of sp³-hybridized carbons (Fsp3) is 0.250. The number of hydrogen-bond donors (Lipinski definition) is 0. The first kappa shape index (κ1) is 12.1. The summed E-state index contributed by atoms with van der Waals surface area (Å²) in [5.74, 6) is -0.140. The smallest absolute Gasteiger partial charge is 0.282 e. The first-order valence-corrected chi connectivity index (χ1v) is 4.45. The third kappa shape index (κ3) is 2.54. The Morgan fingerprint density at radius 2 is 2.20 bits per heavy atom. The van der Waals surface area contributed by atoms with Gasteiger partial charge in [-0.05, 0) is 11.6 Å². The highest BCUT2D eigenvalue weighted by atomic mass is 35.5. The monoisotopic (exact) mass is 255 g/mol. The van der Waals surface area contributed by atoms with Crippen molar-refractivity contribution in [2.24, 2.45) is 0 Å². The zero-order valence-electron chi connectivity index (χ0n) is 7.43. The Hall–Kier alpha value is -0.940. The molecule has 1 rings (SSSR count). The maximum atomic E-state index is 12.4. The van der Waals surface area contributed by atoms with Crippen LogP contribution in [0.3, 0.4) is 0 Å². The van der Waals surface area contributed by atoms with Crippen molar-refractivity contribution in [3.8, 4) is 5.88 Å². The average Bonchev–Trinajstić information content (AvgIpc) is 2.17. The van der Waals surface area contributed by atoms with E-state index in [9.17, 15) is 13.6 Å². The van der Waals surface area contributed by atoms with Gasteiger partial charge in [0, 0.05) is 6.07 Å². The summed E-state index contributed by atoms with van der Waals surface area (Å²) < 4.78 is 29.5. The van der Waals surface area contributed by atoms with E-state index in [4.69, 9.17) is 23.2 Å². The van der Waals surface area contributed by atoms with Gasteiger partial charge >= 0.3 is 0 Å². The molecule has 3 nitrogen and oxygen atoms in total. The molecule has 0 spiro atoms. The van der Waals surface area contributed by atoms with E-state index in [2.05, 4.69) is 9.72 Å². The van der Waals surface area contributed by atoms with Gasteiger partial charge in [0.2, 0.25) is 5.88 Å². The Balaban J connectivity index is 3.40. The lowest BCUT2D eigenvalue weighted by Gasteiger charge is -2.07. The highest BCUT2D eigenvalue weighted by Crippen LogP contribution is 2.31. The summed E-state index contributed by atoms with van der Waals surface area (Å²) in [6, 6.07) is 1.10. The summed E-state index contributed by atoms with van der Waals surface area (Å²) in [5, 5.41) is -1.39. The molecule has 0 aliphatic heterocycles. The van der Waals surface area contributed by atoms with Gasteiger partial charge in [-0.2, -0.15) is 0 Å². The molecule has 0 atom stereocenters. The lowest BCUT2D eigenvalue weighted by atomic mass is 10.2. The summed E-state index contributed by atoms with van der Waals surface area (Å²) in [5.41, 5.74) is -0.972. The molecule has 0 amide bonds. The number of rotatable bonds is 3. The van der Waals surface area contributed by atoms with Crippen molar-refractivity contribution in [2.45, 2.75) is 6.43 Å². The van der Waals surface area contributed by atoms with Crippen molar-refractivity contribution in [2.75, 3.05) is 7.11 Å². The van der Waals surface area contributed by atoms with Gasteiger partial charge in [-0.15, -0.1) is 0 Å². The number of alkyl halides is 2. The number of aromatic nitrogens is 1. The van der Waals surface area contributed by atoms with Gasteiger partial charge in [0.15, 0.2) is 0 Å². The van der Waals surface area contributed by atoms with E-state index in [1.807, 2.05) is 0 Å². The van der Waals surface area contributed by atoms with Crippen molar-refractivity contribution < 1.29 is 18.3 Å². The molecule has 0 saturated carbocycles. The highest BCUT2D eigenvalue weighted by Gasteiger charge is 2.21. The number of ether oxygens (including phenoxy) is 1. The van der Waals surface area contributed by atoms with Crippen LogP contribution < -0.4 is 4.74 Å². The van der Waals surface area contributed by atoms with Crippen LogP contribution >= 0.6 is 23.2 Å². The molecule has 0 aliphatic rings. The lowest BCUT2D eigenvalue weighted by Crippen LogP contribution is -2.01. The molecule has 15 heavy (non-hydrogen) atoms. The molecule has 0 bridgehead atoms. The summed E-state index contributed by atoms with van der Waals surface area (Å²) in [7, 11) is 1.23. The van der Waals surface area contributed by atoms with Gasteiger partial charge < -0.3 is 4.74 Å². The Bertz CT molecular complexity index is 398. The molecule has 0 N–H and O–H groups in total. The number of hydrogen-bond acceptors (Lipinski definition) is 3. The van der Waals surface area contributed by atoms with E-state index < -0.39 is 22.4 Å². The van der Waals surface area contributed by atoms with E-state index >= 15 is 0 Å². The van der Waals surface area contributed by atoms with Gasteiger partial charge in [0.25, 0.3) is 11.7 Å². The predicted octanol–water partition coefficient (Wildman–Crippen LogP) is 3.06. The Labute approximate surface area is 94.0 Å². The number of pyridine rings is 1. The first-order valence-electron chi connectivity index (χ1n) is 3.69. The van der Waals surface area contributed by atoms with Crippen molar-refractivity contribution >= 4 is 28.4 Å². The molecule has 0 aromatic carbocycles. The fourth-order valence-electron chi connectivity index (χ4n) is 0.917. The van der Waals surface area contributed by atoms with Crippen LogP contribution in [-0.2, 0) is 0 Å². The van der Waals surface area contributed by atoms with E-state index in [1.54, 1.807) is 0 Å². The average molecular weight is 256 g/mol. The minimum Gasteiger partial charge on any atom is -0.481 e. The summed E-state index contributed by atoms with van der Waals surface area (Å²) in [6.07, 6.45) is -2.90. The van der Waals surface area contributed by atoms with Crippen LogP contribution in [0.4, 0.5) is 8.78 Å². The van der Waals surface area contributed by atoms with Crippen molar-refractivity contribution in [1.29, 1.82) is 0 Å². The maximum absolute atomic E-state index is 12.4. The van der Waals surface area contributed by atoms with E-state index in [0.29, 0.717) is 0 Å². The first-order chi connectivity index (χ1) is 6.97. The van der Waals surface area contributed by atoms with Crippen LogP contribution in [-0.4, -0.2) is 17.3 Å². The zero-order chi connectivity index (χ0) is 11.6. The SMILES string of the molecule is COc1cc(C(=O)Cl)c(Cl)c(C(F)F)n1. The molecule has 1 aromatic heterocycles. The Morgan fingerprint density at radius 3 is 2.60 bits per heavy atom. The number of nitrogens with zero attached hydrogens (tertiary/aromatic N) is 1. The van der Waals surface area contributed by atoms with Crippen LogP contribution in [0.5, 0.6) is 5.88 Å². The summed E-state index contributed by atoms with van der Waals surface area (Å²) in [6.45, 7) is 0. The molecule has 1 heterocycles. The number of carbonyl (C=O) groups is 1. The van der Waals surface area contributed by atoms with E-state index in [1.165, 1.54) is 7.11 Å². The number of carbonyl (C=O) groups excluding carboxylic acids is 1. The van der Waals surface area contributed by atoms with Crippen molar-refractivity contribution in [1.82, 2.24) is 4.98 Å². The zero-order valence-corrected chi connectivity index (χ0v) is 8.94. The Morgan fingerprint density at radius 1 is 1.60 bits per heavy atom. The lowest BCUT2D eigenvalue weighted by molar-refractivity contribution is 0.108. The van der Waals surface area contributed by atoms with Gasteiger partial charge in [-0.3, -0.25) is 4.79 Å². The van der Waals surface area contributed by atoms with Crippen LogP contribution in [0.15, 0.2) is 6.07 Å². The molecule has 0 unspecified atom stereocenters. The minimum atomic E-state index is -2.90. The van der Waals surface area contributed by atoms with Gasteiger partial charge in [-0.1, -0.05) is 11.6 Å². The van der Waals surface area contributed by atoms with Crippen LogP contribution in [0.1, 0.15) is 22.5 Å². The highest BCUT2D eigenvalue weighted by molar-refractivity contribution is 6.68. The van der Waals surface area contributed by atoms with Gasteiger partial charge in [0.05, 0.1) is 17.7 Å². The van der Waals surface area contributed by atoms with Crippen LogP contribution in [0.25, 0.3) is 0 Å². The third-order valence-electron chi connectivity index (χ3n) is 1.59. The molecule has 0 fully saturated rings. The molecule has 82 valence electrons. The quantitative estimate of drug-likeness (QED) is 0.780. The van der Waals surface area contributed by atoms with Gasteiger partial charge in [0.1, 0.15) is 5.69 Å². The normalized spacial score (nSPS) is 10.5. The standard InChI is InChI=1S/C8H5Cl2F2NO2/c1-15-4-2-3(7(10)14)5(9)6(13-4)8(11)12/h2,8H,1H3. The topological polar surface area (TPSA) is 39.2 Å². The van der Waals surface area contributed by atoms with Crippen LogP contribution in [0.2, 0.25) is 5.02 Å². The third-order valence-corrected chi connectivity index (χ3v) is 2.19. The van der Waals surface area contributed by atoms with Crippen molar-refractivity contribution in [3.05, 3.63) is 22.3 Å². The fourth-order valence-corrected chi connectivity index (χ4v) is 1.38. The van der Waals surface area contributed by atoms with Crippen LogP contribution in [0, 0.1) is 0 Å². The molecular formula is C8H5Cl2F2NO2. The Kier molecular flexibility index (Phi) is 3.82. The molecule has 0 aliphatic carbocycles. The largest absolute Gasteiger partial charge is 0.481 e. The molecule has 7 heteroatoms. The molecular weight excluding hydrogens is 251 g/mol. The predicted molar refractivity (Wildman–Crippen MR) is 50.9 cm³/mol. The minimum absolute atomic E-state index is 0.140. The summed E-state index contributed by atoms with van der Waals surface area (Å²) in [4.78, 5) is 14.3. The second kappa shape index (κ2) is 4.72. The van der Waals surface area contributed by atoms with E-state index in [-0.39, 0.29) is 11.4 Å². The second-order valence-corrected chi connectivity index (χ2v) is 3.21. The summed E-state index contributed by atoms with van der Waals surface area (Å²) >= 11 is 10.7. The maximum Gasteiger partial charge on any atom is 0.282 e. The molecule has 0 radical (unpaired) electrons.